The molecule has 0 saturated carbocycles. The van der Waals surface area contributed by atoms with E-state index in [0.29, 0.717) is 0 Å². The first-order valence-corrected chi connectivity index (χ1v) is 8.34. The number of methoxy groups -OCH3 is 1. The molecule has 0 aliphatic carbocycles. The number of benzene rings is 2. The van der Waals surface area contributed by atoms with Crippen LogP contribution in [0.25, 0.3) is 12.2 Å². The molecule has 1 aliphatic rings. The fourth-order valence-electron chi connectivity index (χ4n) is 3.03. The molecule has 0 atom stereocenters. The summed E-state index contributed by atoms with van der Waals surface area (Å²) in [5.74, 6) is 1.61. The number of hydrogen-bond donors (Lipinski definition) is 0. The van der Waals surface area contributed by atoms with Gasteiger partial charge in [-0.25, -0.2) is 9.97 Å². The Morgan fingerprint density at radius 1 is 1.00 bits per heavy atom. The number of nitrogens with zero attached hydrogens (tertiary/aromatic N) is 3. The van der Waals surface area contributed by atoms with Gasteiger partial charge in [-0.3, -0.25) is 0 Å². The first-order valence-electron chi connectivity index (χ1n) is 8.34. The largest absolute Gasteiger partial charge is 0.497 e. The smallest absolute Gasteiger partial charge is 0.230 e. The van der Waals surface area contributed by atoms with Gasteiger partial charge in [0, 0.05) is 18.4 Å². The predicted molar refractivity (Wildman–Crippen MR) is 101 cm³/mol. The third-order valence-electron chi connectivity index (χ3n) is 4.36. The summed E-state index contributed by atoms with van der Waals surface area (Å²) in [5.41, 5.74) is 4.56. The van der Waals surface area contributed by atoms with E-state index < -0.39 is 0 Å². The summed E-state index contributed by atoms with van der Waals surface area (Å²) in [7, 11) is 1.67. The van der Waals surface area contributed by atoms with E-state index in [2.05, 4.69) is 34.1 Å². The number of fused-ring (bicyclic) bond motifs is 1. The maximum atomic E-state index is 5.18. The first-order chi connectivity index (χ1) is 12.3. The lowest BCUT2D eigenvalue weighted by Crippen LogP contribution is -2.16. The minimum atomic E-state index is 0.752. The third-order valence-corrected chi connectivity index (χ3v) is 4.36. The number of ether oxygens (including phenoxy) is 1. The molecule has 25 heavy (non-hydrogen) atoms. The third kappa shape index (κ3) is 3.24. The molecule has 3 aromatic rings. The summed E-state index contributed by atoms with van der Waals surface area (Å²) in [4.78, 5) is 11.3. The second-order valence-corrected chi connectivity index (χ2v) is 5.92. The molecule has 1 aromatic heterocycles. The number of hydrogen-bond acceptors (Lipinski definition) is 4. The molecule has 0 bridgehead atoms. The predicted octanol–water partition coefficient (Wildman–Crippen LogP) is 4.35. The van der Waals surface area contributed by atoms with Crippen molar-refractivity contribution in [3.8, 4) is 5.75 Å². The molecule has 4 nitrogen and oxygen atoms in total. The number of anilines is 2. The lowest BCUT2D eigenvalue weighted by molar-refractivity contribution is 0.415. The van der Waals surface area contributed by atoms with E-state index in [1.807, 2.05) is 48.7 Å². The average Bonchev–Trinajstić information content (AvgIpc) is 3.11. The van der Waals surface area contributed by atoms with Crippen LogP contribution in [0, 0.1) is 0 Å². The highest BCUT2D eigenvalue weighted by molar-refractivity contribution is 5.70. The maximum absolute atomic E-state index is 5.18. The van der Waals surface area contributed by atoms with Crippen molar-refractivity contribution in [3.63, 3.8) is 0 Å². The van der Waals surface area contributed by atoms with Crippen LogP contribution < -0.4 is 9.64 Å². The van der Waals surface area contributed by atoms with Crippen LogP contribution in [0.5, 0.6) is 5.75 Å². The van der Waals surface area contributed by atoms with Crippen molar-refractivity contribution in [1.82, 2.24) is 9.97 Å². The summed E-state index contributed by atoms with van der Waals surface area (Å²) < 4.78 is 5.18. The van der Waals surface area contributed by atoms with Crippen LogP contribution in [0.4, 0.5) is 11.6 Å². The van der Waals surface area contributed by atoms with Gasteiger partial charge in [-0.2, -0.15) is 0 Å². The normalized spacial score (nSPS) is 13.2. The van der Waals surface area contributed by atoms with Gasteiger partial charge in [0.05, 0.1) is 12.8 Å². The van der Waals surface area contributed by atoms with E-state index in [9.17, 15) is 0 Å². The van der Waals surface area contributed by atoms with Gasteiger partial charge in [0.15, 0.2) is 0 Å². The van der Waals surface area contributed by atoms with Gasteiger partial charge in [0.1, 0.15) is 5.75 Å². The molecule has 124 valence electrons. The summed E-state index contributed by atoms with van der Waals surface area (Å²) in [6.07, 6.45) is 6.90. The first kappa shape index (κ1) is 15.4. The Labute approximate surface area is 147 Å². The lowest BCUT2D eigenvalue weighted by atomic mass is 10.2. The number of para-hydroxylation sites is 1. The zero-order chi connectivity index (χ0) is 17.1. The molecular formula is C21H19N3O. The maximum Gasteiger partial charge on any atom is 0.230 e. The van der Waals surface area contributed by atoms with Gasteiger partial charge in [0.25, 0.3) is 0 Å². The fraction of sp³-hybridized carbons (Fsp3) is 0.143. The Hall–Kier alpha value is -3.14. The minimum absolute atomic E-state index is 0.752. The molecule has 0 spiro atoms. The van der Waals surface area contributed by atoms with E-state index >= 15 is 0 Å². The second-order valence-electron chi connectivity index (χ2n) is 5.92. The molecule has 0 fully saturated rings. The topological polar surface area (TPSA) is 38.2 Å². The standard InChI is InChI=1S/C21H19N3O/c1-25-19-10-7-16(8-11-19)6-9-18-12-14-22-21(23-18)24-15-13-17-4-2-3-5-20(17)24/h2-12,14H,13,15H2,1H3/b9-6+. The van der Waals surface area contributed by atoms with Gasteiger partial charge in [-0.15, -0.1) is 0 Å². The fourth-order valence-corrected chi connectivity index (χ4v) is 3.03. The zero-order valence-electron chi connectivity index (χ0n) is 14.1. The van der Waals surface area contributed by atoms with Crippen LogP contribution in [0.2, 0.25) is 0 Å². The Morgan fingerprint density at radius 3 is 2.68 bits per heavy atom. The monoisotopic (exact) mass is 329 g/mol. The van der Waals surface area contributed by atoms with Crippen molar-refractivity contribution in [2.24, 2.45) is 0 Å². The van der Waals surface area contributed by atoms with E-state index in [4.69, 9.17) is 9.72 Å². The zero-order valence-corrected chi connectivity index (χ0v) is 14.1. The van der Waals surface area contributed by atoms with Gasteiger partial charge in [-0.05, 0) is 47.9 Å². The molecule has 0 N–H and O–H groups in total. The van der Waals surface area contributed by atoms with Crippen molar-refractivity contribution in [2.45, 2.75) is 6.42 Å². The Morgan fingerprint density at radius 2 is 1.84 bits per heavy atom. The highest BCUT2D eigenvalue weighted by Gasteiger charge is 2.21. The molecular weight excluding hydrogens is 310 g/mol. The van der Waals surface area contributed by atoms with Crippen molar-refractivity contribution in [2.75, 3.05) is 18.6 Å². The van der Waals surface area contributed by atoms with E-state index in [0.717, 1.165) is 35.9 Å². The van der Waals surface area contributed by atoms with Crippen molar-refractivity contribution < 1.29 is 4.74 Å². The summed E-state index contributed by atoms with van der Waals surface area (Å²) in [6.45, 7) is 0.922. The van der Waals surface area contributed by atoms with Crippen LogP contribution in [-0.2, 0) is 6.42 Å². The van der Waals surface area contributed by atoms with E-state index in [1.165, 1.54) is 11.3 Å². The molecule has 0 amide bonds. The summed E-state index contributed by atoms with van der Waals surface area (Å²) in [5, 5.41) is 0. The second kappa shape index (κ2) is 6.77. The van der Waals surface area contributed by atoms with Crippen LogP contribution in [0.3, 0.4) is 0 Å². The van der Waals surface area contributed by atoms with Crippen LogP contribution in [0.1, 0.15) is 16.8 Å². The quantitative estimate of drug-likeness (QED) is 0.713. The van der Waals surface area contributed by atoms with Gasteiger partial charge >= 0.3 is 0 Å². The molecule has 0 radical (unpaired) electrons. The average molecular weight is 329 g/mol. The highest BCUT2D eigenvalue weighted by Crippen LogP contribution is 2.32. The lowest BCUT2D eigenvalue weighted by Gasteiger charge is -2.17. The molecule has 0 saturated heterocycles. The van der Waals surface area contributed by atoms with Gasteiger partial charge in [0.2, 0.25) is 5.95 Å². The van der Waals surface area contributed by atoms with Gasteiger partial charge < -0.3 is 9.64 Å². The van der Waals surface area contributed by atoms with Crippen LogP contribution in [0.15, 0.2) is 60.8 Å². The van der Waals surface area contributed by atoms with Crippen LogP contribution >= 0.6 is 0 Å². The minimum Gasteiger partial charge on any atom is -0.497 e. The molecule has 4 heteroatoms. The molecule has 2 aromatic carbocycles. The van der Waals surface area contributed by atoms with Crippen molar-refractivity contribution in [3.05, 3.63) is 77.6 Å². The van der Waals surface area contributed by atoms with Crippen molar-refractivity contribution in [1.29, 1.82) is 0 Å². The Bertz CT molecular complexity index is 903. The van der Waals surface area contributed by atoms with Crippen molar-refractivity contribution >= 4 is 23.8 Å². The van der Waals surface area contributed by atoms with Crippen LogP contribution in [-0.4, -0.2) is 23.6 Å². The number of rotatable bonds is 4. The van der Waals surface area contributed by atoms with E-state index in [-0.39, 0.29) is 0 Å². The summed E-state index contributed by atoms with van der Waals surface area (Å²) >= 11 is 0. The molecule has 2 heterocycles. The Balaban J connectivity index is 1.56. The van der Waals surface area contributed by atoms with Gasteiger partial charge in [-0.1, -0.05) is 36.4 Å². The Kier molecular flexibility index (Phi) is 4.17. The molecule has 4 rings (SSSR count). The SMILES string of the molecule is COc1ccc(/C=C/c2ccnc(N3CCc4ccccc43)n2)cc1. The summed E-state index contributed by atoms with van der Waals surface area (Å²) in [6, 6.07) is 18.3. The number of aromatic nitrogens is 2. The molecule has 1 aliphatic heterocycles. The van der Waals surface area contributed by atoms with E-state index in [1.54, 1.807) is 7.11 Å². The molecule has 0 unspecified atom stereocenters. The highest BCUT2D eigenvalue weighted by atomic mass is 16.5.